The highest BCUT2D eigenvalue weighted by atomic mass is 35.5. The van der Waals surface area contributed by atoms with Gasteiger partial charge in [0, 0.05) is 15.7 Å². The third kappa shape index (κ3) is 4.11. The van der Waals surface area contributed by atoms with Gasteiger partial charge < -0.3 is 10.1 Å². The van der Waals surface area contributed by atoms with Crippen LogP contribution in [-0.2, 0) is 14.3 Å². The number of carbonyl (C=O) groups is 2. The van der Waals surface area contributed by atoms with Crippen LogP contribution in [0.25, 0.3) is 0 Å². The smallest absolute Gasteiger partial charge is 0.309 e. The van der Waals surface area contributed by atoms with Gasteiger partial charge in [-0.05, 0) is 31.0 Å². The van der Waals surface area contributed by atoms with Gasteiger partial charge in [-0.3, -0.25) is 9.59 Å². The van der Waals surface area contributed by atoms with Crippen LogP contribution in [-0.4, -0.2) is 18.5 Å². The van der Waals surface area contributed by atoms with Crippen LogP contribution in [0.5, 0.6) is 0 Å². The number of anilines is 1. The van der Waals surface area contributed by atoms with E-state index in [2.05, 4.69) is 5.32 Å². The third-order valence-electron chi connectivity index (χ3n) is 2.93. The van der Waals surface area contributed by atoms with Gasteiger partial charge in [0.05, 0.1) is 5.92 Å². The van der Waals surface area contributed by atoms with Crippen molar-refractivity contribution in [1.29, 1.82) is 0 Å². The van der Waals surface area contributed by atoms with Crippen molar-refractivity contribution < 1.29 is 14.3 Å². The Balaban J connectivity index is 1.81. The Morgan fingerprint density at radius 3 is 2.37 bits per heavy atom. The quantitative estimate of drug-likeness (QED) is 0.868. The van der Waals surface area contributed by atoms with E-state index >= 15 is 0 Å². The molecule has 4 nitrogen and oxygen atoms in total. The van der Waals surface area contributed by atoms with E-state index in [9.17, 15) is 9.59 Å². The molecule has 0 bridgehead atoms. The number of amides is 1. The molecule has 0 aliphatic heterocycles. The zero-order chi connectivity index (χ0) is 13.8. The molecule has 1 aromatic rings. The van der Waals surface area contributed by atoms with Gasteiger partial charge in [0.2, 0.25) is 0 Å². The zero-order valence-corrected chi connectivity index (χ0v) is 11.6. The van der Waals surface area contributed by atoms with Crippen LogP contribution in [0.1, 0.15) is 19.3 Å². The Hall–Kier alpha value is -1.26. The number of esters is 1. The molecule has 1 saturated carbocycles. The van der Waals surface area contributed by atoms with Crippen molar-refractivity contribution >= 4 is 40.8 Å². The monoisotopic (exact) mass is 301 g/mol. The van der Waals surface area contributed by atoms with E-state index in [1.54, 1.807) is 18.2 Å². The number of carbonyl (C=O) groups excluding carboxylic acids is 2. The first-order valence-electron chi connectivity index (χ1n) is 5.97. The second-order valence-electron chi connectivity index (χ2n) is 4.44. The highest BCUT2D eigenvalue weighted by molar-refractivity contribution is 6.35. The maximum atomic E-state index is 11.6. The van der Waals surface area contributed by atoms with Crippen LogP contribution in [0.15, 0.2) is 18.2 Å². The predicted molar refractivity (Wildman–Crippen MR) is 73.4 cm³/mol. The topological polar surface area (TPSA) is 55.4 Å². The molecule has 2 rings (SSSR count). The SMILES string of the molecule is O=C(COC(=O)C1CCC1)Nc1cc(Cl)cc(Cl)c1. The lowest BCUT2D eigenvalue weighted by Crippen LogP contribution is -2.28. The van der Waals surface area contributed by atoms with Crippen molar-refractivity contribution in [1.82, 2.24) is 0 Å². The van der Waals surface area contributed by atoms with Crippen LogP contribution in [0.3, 0.4) is 0 Å². The molecule has 0 spiro atoms. The molecule has 1 aromatic carbocycles. The molecular formula is C13H13Cl2NO3. The fourth-order valence-electron chi connectivity index (χ4n) is 1.72. The lowest BCUT2D eigenvalue weighted by molar-refractivity contribution is -0.154. The minimum absolute atomic E-state index is 0.0339. The van der Waals surface area contributed by atoms with Crippen LogP contribution in [0, 0.1) is 5.92 Å². The van der Waals surface area contributed by atoms with E-state index in [0.29, 0.717) is 15.7 Å². The van der Waals surface area contributed by atoms with Gasteiger partial charge in [0.1, 0.15) is 0 Å². The molecule has 1 aliphatic carbocycles. The molecule has 6 heteroatoms. The van der Waals surface area contributed by atoms with Gasteiger partial charge in [-0.2, -0.15) is 0 Å². The molecule has 102 valence electrons. The highest BCUT2D eigenvalue weighted by Crippen LogP contribution is 2.27. The largest absolute Gasteiger partial charge is 0.455 e. The fraction of sp³-hybridized carbons (Fsp3) is 0.385. The molecule has 0 atom stereocenters. The number of nitrogens with one attached hydrogen (secondary N) is 1. The Bertz CT molecular complexity index is 480. The number of hydrogen-bond donors (Lipinski definition) is 1. The molecule has 0 unspecified atom stereocenters. The molecule has 19 heavy (non-hydrogen) atoms. The van der Waals surface area contributed by atoms with Gasteiger partial charge in [-0.1, -0.05) is 29.6 Å². The summed E-state index contributed by atoms with van der Waals surface area (Å²) in [4.78, 5) is 23.0. The van der Waals surface area contributed by atoms with Gasteiger partial charge in [-0.15, -0.1) is 0 Å². The number of benzene rings is 1. The lowest BCUT2D eigenvalue weighted by Gasteiger charge is -2.22. The van der Waals surface area contributed by atoms with E-state index in [4.69, 9.17) is 27.9 Å². The lowest BCUT2D eigenvalue weighted by atomic mass is 9.86. The van der Waals surface area contributed by atoms with Crippen LogP contribution >= 0.6 is 23.2 Å². The Labute approximate surface area is 121 Å². The number of halogens is 2. The van der Waals surface area contributed by atoms with E-state index in [1.807, 2.05) is 0 Å². The predicted octanol–water partition coefficient (Wildman–Crippen LogP) is 3.28. The maximum Gasteiger partial charge on any atom is 0.309 e. The zero-order valence-electron chi connectivity index (χ0n) is 10.1. The van der Waals surface area contributed by atoms with Crippen molar-refractivity contribution in [3.05, 3.63) is 28.2 Å². The van der Waals surface area contributed by atoms with E-state index in [1.165, 1.54) is 0 Å². The summed E-state index contributed by atoms with van der Waals surface area (Å²) in [6, 6.07) is 4.70. The van der Waals surface area contributed by atoms with Crippen LogP contribution in [0.2, 0.25) is 10.0 Å². The highest BCUT2D eigenvalue weighted by Gasteiger charge is 2.27. The van der Waals surface area contributed by atoms with E-state index < -0.39 is 5.91 Å². The summed E-state index contributed by atoms with van der Waals surface area (Å²) >= 11 is 11.6. The molecule has 0 heterocycles. The Morgan fingerprint density at radius 1 is 1.21 bits per heavy atom. The molecule has 0 radical (unpaired) electrons. The van der Waals surface area contributed by atoms with Crippen molar-refractivity contribution in [2.45, 2.75) is 19.3 Å². The summed E-state index contributed by atoms with van der Waals surface area (Å²) in [7, 11) is 0. The van der Waals surface area contributed by atoms with Crippen LogP contribution in [0.4, 0.5) is 5.69 Å². The molecular weight excluding hydrogens is 289 g/mol. The molecule has 0 saturated heterocycles. The maximum absolute atomic E-state index is 11.6. The van der Waals surface area contributed by atoms with Gasteiger partial charge in [0.15, 0.2) is 6.61 Å². The minimum atomic E-state index is -0.411. The molecule has 1 amide bonds. The summed E-state index contributed by atoms with van der Waals surface area (Å²) in [5.74, 6) is -0.745. The van der Waals surface area contributed by atoms with Gasteiger partial charge >= 0.3 is 5.97 Å². The van der Waals surface area contributed by atoms with Crippen LogP contribution < -0.4 is 5.32 Å². The first-order valence-corrected chi connectivity index (χ1v) is 6.73. The summed E-state index contributed by atoms with van der Waals surface area (Å²) in [5.41, 5.74) is 0.474. The molecule has 1 aliphatic rings. The average Bonchev–Trinajstić information content (AvgIpc) is 2.22. The number of rotatable bonds is 4. The second kappa shape index (κ2) is 6.26. The summed E-state index contributed by atoms with van der Waals surface area (Å²) in [5, 5.41) is 3.42. The van der Waals surface area contributed by atoms with E-state index in [-0.39, 0.29) is 18.5 Å². The number of ether oxygens (including phenoxy) is 1. The van der Waals surface area contributed by atoms with Crippen molar-refractivity contribution in [3.63, 3.8) is 0 Å². The van der Waals surface area contributed by atoms with Gasteiger partial charge in [-0.25, -0.2) is 0 Å². The molecule has 1 N–H and O–H groups in total. The Kier molecular flexibility index (Phi) is 4.66. The summed E-state index contributed by atoms with van der Waals surface area (Å²) in [6.45, 7) is -0.292. The number of hydrogen-bond acceptors (Lipinski definition) is 3. The summed E-state index contributed by atoms with van der Waals surface area (Å²) in [6.07, 6.45) is 2.75. The van der Waals surface area contributed by atoms with Crippen molar-refractivity contribution in [2.75, 3.05) is 11.9 Å². The first-order chi connectivity index (χ1) is 9.04. The van der Waals surface area contributed by atoms with Crippen molar-refractivity contribution in [2.24, 2.45) is 5.92 Å². The molecule has 1 fully saturated rings. The van der Waals surface area contributed by atoms with Crippen molar-refractivity contribution in [3.8, 4) is 0 Å². The fourth-order valence-corrected chi connectivity index (χ4v) is 2.25. The standard InChI is InChI=1S/C13H13Cl2NO3/c14-9-4-10(15)6-11(5-9)16-12(17)7-19-13(18)8-2-1-3-8/h4-6,8H,1-3,7H2,(H,16,17). The first kappa shape index (κ1) is 14.2. The van der Waals surface area contributed by atoms with E-state index in [0.717, 1.165) is 19.3 Å². The molecule has 0 aromatic heterocycles. The second-order valence-corrected chi connectivity index (χ2v) is 5.31. The Morgan fingerprint density at radius 2 is 1.84 bits per heavy atom. The minimum Gasteiger partial charge on any atom is -0.455 e. The third-order valence-corrected chi connectivity index (χ3v) is 3.37. The average molecular weight is 302 g/mol. The summed E-state index contributed by atoms with van der Waals surface area (Å²) < 4.78 is 4.92. The van der Waals surface area contributed by atoms with Gasteiger partial charge in [0.25, 0.3) is 5.91 Å². The normalized spacial score (nSPS) is 14.6.